The van der Waals surface area contributed by atoms with Crippen LogP contribution in [-0.2, 0) is 6.42 Å². The summed E-state index contributed by atoms with van der Waals surface area (Å²) in [7, 11) is 0. The Morgan fingerprint density at radius 3 is 2.35 bits per heavy atom. The van der Waals surface area contributed by atoms with Crippen LogP contribution in [0.4, 0.5) is 0 Å². The molecule has 0 unspecified atom stereocenters. The first kappa shape index (κ1) is 12.6. The molecule has 0 aliphatic carbocycles. The first-order valence-electron chi connectivity index (χ1n) is 6.18. The Kier molecular flexibility index (Phi) is 5.05. The highest BCUT2D eigenvalue weighted by Gasteiger charge is 2.18. The number of hydrogen-bond donors (Lipinski definition) is 0. The fourth-order valence-electron chi connectivity index (χ4n) is 1.76. The van der Waals surface area contributed by atoms with Crippen molar-refractivity contribution in [2.75, 3.05) is 0 Å². The van der Waals surface area contributed by atoms with Crippen LogP contribution in [-0.4, -0.2) is 0 Å². The van der Waals surface area contributed by atoms with Crippen LogP contribution < -0.4 is 21.2 Å². The lowest BCUT2D eigenvalue weighted by atomic mass is 10.1. The molecule has 2 aromatic carbocycles. The van der Waals surface area contributed by atoms with E-state index in [9.17, 15) is 0 Å². The van der Waals surface area contributed by atoms with Crippen molar-refractivity contribution in [1.29, 1.82) is 0 Å². The van der Waals surface area contributed by atoms with Gasteiger partial charge in [0.25, 0.3) is 0 Å². The first-order valence-corrected chi connectivity index (χ1v) is 8.33. The van der Waals surface area contributed by atoms with Gasteiger partial charge in [0.15, 0.2) is 7.14 Å². The smallest absolute Gasteiger partial charge is 0.0654 e. The van der Waals surface area contributed by atoms with Crippen LogP contribution >= 0.6 is 0 Å². The lowest BCUT2D eigenvalue weighted by molar-refractivity contribution is -0.598. The number of benzene rings is 2. The van der Waals surface area contributed by atoms with Gasteiger partial charge in [-0.05, 0) is 31.0 Å². The van der Waals surface area contributed by atoms with Crippen molar-refractivity contribution in [3.8, 4) is 0 Å². The highest BCUT2D eigenvalue weighted by Crippen LogP contribution is 2.04. The third-order valence-corrected chi connectivity index (χ3v) is 5.68. The summed E-state index contributed by atoms with van der Waals surface area (Å²) in [4.78, 5) is 0. The minimum Gasteiger partial charge on any atom is -0.0654 e. The Balaban J connectivity index is 2.15. The first-order chi connectivity index (χ1) is 8.40. The summed E-state index contributed by atoms with van der Waals surface area (Å²) in [6.07, 6.45) is 3.81. The van der Waals surface area contributed by atoms with Gasteiger partial charge in [-0.3, -0.25) is 0 Å². The standard InChI is InChI=1S/C16H18I/c1-2-3-9-14-10-7-8-13-16(14)17-15-11-5-4-6-12-15/h4-8,10-13H,2-3,9H2,1H3/q+1. The average molecular weight is 337 g/mol. The second-order valence-electron chi connectivity index (χ2n) is 4.09. The van der Waals surface area contributed by atoms with Crippen LogP contribution in [0.25, 0.3) is 0 Å². The van der Waals surface area contributed by atoms with E-state index < -0.39 is 0 Å². The molecule has 0 aliphatic rings. The van der Waals surface area contributed by atoms with Crippen molar-refractivity contribution in [3.05, 3.63) is 67.3 Å². The summed E-state index contributed by atoms with van der Waals surface area (Å²) in [6.45, 7) is 2.26. The SMILES string of the molecule is CCCCc1ccccc1[I+]c1ccccc1. The number of halogens is 1. The number of rotatable bonds is 5. The van der Waals surface area contributed by atoms with Crippen molar-refractivity contribution in [2.24, 2.45) is 0 Å². The molecular formula is C16H18I+. The van der Waals surface area contributed by atoms with E-state index in [1.807, 2.05) is 0 Å². The third-order valence-electron chi connectivity index (χ3n) is 2.70. The highest BCUT2D eigenvalue weighted by atomic mass is 127. The number of hydrogen-bond acceptors (Lipinski definition) is 0. The van der Waals surface area contributed by atoms with Gasteiger partial charge >= 0.3 is 21.2 Å². The van der Waals surface area contributed by atoms with Gasteiger partial charge in [-0.1, -0.05) is 49.7 Å². The van der Waals surface area contributed by atoms with Crippen LogP contribution in [0.15, 0.2) is 54.6 Å². The van der Waals surface area contributed by atoms with Gasteiger partial charge in [-0.15, -0.1) is 0 Å². The van der Waals surface area contributed by atoms with Crippen LogP contribution in [0, 0.1) is 7.14 Å². The van der Waals surface area contributed by atoms with E-state index in [1.54, 1.807) is 9.13 Å². The summed E-state index contributed by atoms with van der Waals surface area (Å²) in [5.74, 6) is 0. The summed E-state index contributed by atoms with van der Waals surface area (Å²) in [6, 6.07) is 19.8. The zero-order valence-corrected chi connectivity index (χ0v) is 12.4. The maximum atomic E-state index is 2.31. The summed E-state index contributed by atoms with van der Waals surface area (Å²) < 4.78 is 3.10. The summed E-state index contributed by atoms with van der Waals surface area (Å²) >= 11 is -0.0108. The minimum atomic E-state index is -0.0108. The van der Waals surface area contributed by atoms with Crippen molar-refractivity contribution < 1.29 is 21.2 Å². The minimum absolute atomic E-state index is 0.0108. The molecule has 0 atom stereocenters. The Labute approximate surface area is 114 Å². The number of aryl methyl sites for hydroxylation is 1. The van der Waals surface area contributed by atoms with E-state index in [0.29, 0.717) is 0 Å². The summed E-state index contributed by atoms with van der Waals surface area (Å²) in [5.41, 5.74) is 1.56. The molecular weight excluding hydrogens is 319 g/mol. The average Bonchev–Trinajstić information content (AvgIpc) is 2.39. The van der Waals surface area contributed by atoms with Gasteiger partial charge in [0.05, 0.1) is 0 Å². The monoisotopic (exact) mass is 337 g/mol. The van der Waals surface area contributed by atoms with E-state index in [-0.39, 0.29) is 21.2 Å². The lowest BCUT2D eigenvalue weighted by Crippen LogP contribution is -3.61. The molecule has 2 aromatic rings. The fourth-order valence-corrected chi connectivity index (χ4v) is 4.38. The molecule has 0 N–H and O–H groups in total. The van der Waals surface area contributed by atoms with E-state index in [4.69, 9.17) is 0 Å². The van der Waals surface area contributed by atoms with E-state index in [0.717, 1.165) is 0 Å². The Morgan fingerprint density at radius 1 is 0.882 bits per heavy atom. The maximum Gasteiger partial charge on any atom is 0.358 e. The van der Waals surface area contributed by atoms with E-state index >= 15 is 0 Å². The molecule has 2 rings (SSSR count). The zero-order chi connectivity index (χ0) is 11.9. The Morgan fingerprint density at radius 2 is 1.59 bits per heavy atom. The molecule has 0 saturated carbocycles. The van der Waals surface area contributed by atoms with Gasteiger partial charge in [0, 0.05) is 5.56 Å². The molecule has 1 heteroatoms. The third kappa shape index (κ3) is 3.84. The van der Waals surface area contributed by atoms with Crippen LogP contribution in [0.5, 0.6) is 0 Å². The molecule has 0 saturated heterocycles. The Bertz CT molecular complexity index is 448. The van der Waals surface area contributed by atoms with Gasteiger partial charge in [0.2, 0.25) is 0 Å². The molecule has 0 aromatic heterocycles. The molecule has 0 amide bonds. The van der Waals surface area contributed by atoms with Crippen molar-refractivity contribution >= 4 is 0 Å². The van der Waals surface area contributed by atoms with Crippen LogP contribution in [0.3, 0.4) is 0 Å². The lowest BCUT2D eigenvalue weighted by Gasteiger charge is -1.99. The van der Waals surface area contributed by atoms with Crippen LogP contribution in [0.1, 0.15) is 25.3 Å². The largest absolute Gasteiger partial charge is 0.358 e. The fraction of sp³-hybridized carbons (Fsp3) is 0.250. The second kappa shape index (κ2) is 6.80. The predicted octanol–water partition coefficient (Wildman–Crippen LogP) is 1.16. The molecule has 0 spiro atoms. The van der Waals surface area contributed by atoms with Crippen LogP contribution in [0.2, 0.25) is 0 Å². The second-order valence-corrected chi connectivity index (χ2v) is 7.03. The van der Waals surface area contributed by atoms with E-state index in [2.05, 4.69) is 61.5 Å². The van der Waals surface area contributed by atoms with Gasteiger partial charge < -0.3 is 0 Å². The van der Waals surface area contributed by atoms with Crippen molar-refractivity contribution in [2.45, 2.75) is 26.2 Å². The predicted molar refractivity (Wildman–Crippen MR) is 68.9 cm³/mol. The van der Waals surface area contributed by atoms with Crippen molar-refractivity contribution in [1.82, 2.24) is 0 Å². The Hall–Kier alpha value is -0.830. The normalized spacial score (nSPS) is 10.4. The molecule has 0 fully saturated rings. The molecule has 0 aliphatic heterocycles. The van der Waals surface area contributed by atoms with Gasteiger partial charge in [-0.2, -0.15) is 0 Å². The zero-order valence-electron chi connectivity index (χ0n) is 10.2. The molecule has 0 radical (unpaired) electrons. The van der Waals surface area contributed by atoms with Gasteiger partial charge in [0.1, 0.15) is 0 Å². The maximum absolute atomic E-state index is 2.31. The molecule has 0 nitrogen and oxygen atoms in total. The summed E-state index contributed by atoms with van der Waals surface area (Å²) in [5, 5.41) is 0. The highest BCUT2D eigenvalue weighted by molar-refractivity contribution is 5.14. The topological polar surface area (TPSA) is 0 Å². The quantitative estimate of drug-likeness (QED) is 0.719. The molecule has 0 heterocycles. The molecule has 17 heavy (non-hydrogen) atoms. The molecule has 88 valence electrons. The van der Waals surface area contributed by atoms with E-state index in [1.165, 1.54) is 22.8 Å². The van der Waals surface area contributed by atoms with Crippen molar-refractivity contribution in [3.63, 3.8) is 0 Å². The number of unbranched alkanes of at least 4 members (excludes halogenated alkanes) is 1. The molecule has 0 bridgehead atoms. The van der Waals surface area contributed by atoms with Gasteiger partial charge in [-0.25, -0.2) is 0 Å².